The third kappa shape index (κ3) is 4.17. The Hall–Kier alpha value is -1.68. The average Bonchev–Trinajstić information content (AvgIpc) is 2.42. The van der Waals surface area contributed by atoms with Gasteiger partial charge in [-0.25, -0.2) is 0 Å². The molecule has 0 saturated carbocycles. The monoisotopic (exact) mass is 318 g/mol. The minimum Gasteiger partial charge on any atom is -0.326 e. The van der Waals surface area contributed by atoms with E-state index in [1.54, 1.807) is 6.20 Å². The molecule has 1 heterocycles. The van der Waals surface area contributed by atoms with Crippen LogP contribution in [0.15, 0.2) is 47.1 Å². The van der Waals surface area contributed by atoms with Crippen LogP contribution in [-0.2, 0) is 11.2 Å². The molecule has 3 nitrogen and oxygen atoms in total. The Kier molecular flexibility index (Phi) is 4.68. The number of hydrogen-bond acceptors (Lipinski definition) is 2. The Balaban J connectivity index is 1.89. The van der Waals surface area contributed by atoms with E-state index >= 15 is 0 Å². The Morgan fingerprint density at radius 2 is 2.16 bits per heavy atom. The summed E-state index contributed by atoms with van der Waals surface area (Å²) < 4.78 is 1.04. The predicted octanol–water partition coefficient (Wildman–Crippen LogP) is 3.72. The number of carbonyl (C=O) groups excluding carboxylic acids is 1. The van der Waals surface area contributed by atoms with Crippen LogP contribution < -0.4 is 5.32 Å². The molecule has 0 aliphatic carbocycles. The third-order valence-corrected chi connectivity index (χ3v) is 3.67. The number of nitrogens with one attached hydrogen (secondary N) is 1. The van der Waals surface area contributed by atoms with Gasteiger partial charge in [-0.3, -0.25) is 9.78 Å². The van der Waals surface area contributed by atoms with Crippen LogP contribution in [0.4, 0.5) is 5.69 Å². The van der Waals surface area contributed by atoms with Crippen LogP contribution in [0.5, 0.6) is 0 Å². The summed E-state index contributed by atoms with van der Waals surface area (Å²) in [5.74, 6) is 0.00683. The summed E-state index contributed by atoms with van der Waals surface area (Å²) in [6.07, 6.45) is 2.83. The molecule has 1 N–H and O–H groups in total. The second-order valence-electron chi connectivity index (χ2n) is 4.33. The van der Waals surface area contributed by atoms with Crippen molar-refractivity contribution in [3.8, 4) is 0 Å². The van der Waals surface area contributed by atoms with Gasteiger partial charge in [-0.15, -0.1) is 0 Å². The van der Waals surface area contributed by atoms with Crippen molar-refractivity contribution < 1.29 is 4.79 Å². The lowest BCUT2D eigenvalue weighted by Crippen LogP contribution is -2.12. The molecule has 0 aliphatic heterocycles. The fraction of sp³-hybridized carbons (Fsp3) is 0.200. The lowest BCUT2D eigenvalue weighted by Gasteiger charge is -2.07. The summed E-state index contributed by atoms with van der Waals surface area (Å²) >= 11 is 3.44. The highest BCUT2D eigenvalue weighted by Crippen LogP contribution is 2.20. The summed E-state index contributed by atoms with van der Waals surface area (Å²) in [5, 5.41) is 2.89. The molecule has 98 valence electrons. The van der Waals surface area contributed by atoms with Gasteiger partial charge in [0, 0.05) is 28.5 Å². The number of aryl methyl sites for hydroxylation is 2. The van der Waals surface area contributed by atoms with E-state index in [-0.39, 0.29) is 5.91 Å². The van der Waals surface area contributed by atoms with Gasteiger partial charge in [0.1, 0.15) is 0 Å². The first-order valence-electron chi connectivity index (χ1n) is 6.11. The van der Waals surface area contributed by atoms with Crippen molar-refractivity contribution in [2.45, 2.75) is 19.8 Å². The van der Waals surface area contributed by atoms with Crippen molar-refractivity contribution in [1.29, 1.82) is 0 Å². The van der Waals surface area contributed by atoms with Gasteiger partial charge in [-0.05, 0) is 49.2 Å². The minimum atomic E-state index is 0.00683. The van der Waals surface area contributed by atoms with E-state index in [0.717, 1.165) is 21.4 Å². The molecule has 0 aliphatic rings. The number of benzene rings is 1. The molecule has 0 atom stereocenters. The fourth-order valence-corrected chi connectivity index (χ4v) is 1.98. The molecule has 0 radical (unpaired) electrons. The summed E-state index contributed by atoms with van der Waals surface area (Å²) in [6, 6.07) is 11.5. The number of pyridine rings is 1. The average molecular weight is 319 g/mol. The highest BCUT2D eigenvalue weighted by Gasteiger charge is 2.04. The van der Waals surface area contributed by atoms with Gasteiger partial charge < -0.3 is 5.32 Å². The molecule has 0 saturated heterocycles. The molecule has 1 amide bonds. The summed E-state index contributed by atoms with van der Waals surface area (Å²) in [6.45, 7) is 1.99. The van der Waals surface area contributed by atoms with Crippen LogP contribution in [0.1, 0.15) is 17.7 Å². The van der Waals surface area contributed by atoms with Crippen molar-refractivity contribution in [3.05, 3.63) is 58.3 Å². The van der Waals surface area contributed by atoms with Gasteiger partial charge in [0.2, 0.25) is 5.91 Å². The number of halogens is 1. The van der Waals surface area contributed by atoms with Crippen molar-refractivity contribution in [3.63, 3.8) is 0 Å². The maximum absolute atomic E-state index is 11.8. The van der Waals surface area contributed by atoms with E-state index in [0.29, 0.717) is 12.8 Å². The van der Waals surface area contributed by atoms with Crippen molar-refractivity contribution in [1.82, 2.24) is 4.98 Å². The smallest absolute Gasteiger partial charge is 0.224 e. The Morgan fingerprint density at radius 3 is 2.84 bits per heavy atom. The SMILES string of the molecule is Cc1cc(NC(=O)CCc2ccccn2)ccc1Br. The molecule has 4 heteroatoms. The largest absolute Gasteiger partial charge is 0.326 e. The maximum atomic E-state index is 11.8. The Bertz CT molecular complexity index is 570. The molecule has 1 aromatic heterocycles. The normalized spacial score (nSPS) is 10.2. The second kappa shape index (κ2) is 6.48. The number of aromatic nitrogens is 1. The van der Waals surface area contributed by atoms with Crippen molar-refractivity contribution >= 4 is 27.5 Å². The molecule has 0 unspecified atom stereocenters. The highest BCUT2D eigenvalue weighted by molar-refractivity contribution is 9.10. The van der Waals surface area contributed by atoms with Crippen molar-refractivity contribution in [2.75, 3.05) is 5.32 Å². The number of amides is 1. The lowest BCUT2D eigenvalue weighted by atomic mass is 10.2. The minimum absolute atomic E-state index is 0.00683. The Labute approximate surface area is 121 Å². The molecule has 2 aromatic rings. The first-order valence-corrected chi connectivity index (χ1v) is 6.90. The fourth-order valence-electron chi connectivity index (χ4n) is 1.73. The van der Waals surface area contributed by atoms with E-state index in [9.17, 15) is 4.79 Å². The van der Waals surface area contributed by atoms with Gasteiger partial charge in [-0.1, -0.05) is 22.0 Å². The Morgan fingerprint density at radius 1 is 1.32 bits per heavy atom. The van der Waals surface area contributed by atoms with E-state index in [2.05, 4.69) is 26.2 Å². The molecule has 0 spiro atoms. The number of hydrogen-bond donors (Lipinski definition) is 1. The molecular weight excluding hydrogens is 304 g/mol. The lowest BCUT2D eigenvalue weighted by molar-refractivity contribution is -0.116. The van der Waals surface area contributed by atoms with Crippen molar-refractivity contribution in [2.24, 2.45) is 0 Å². The number of rotatable bonds is 4. The second-order valence-corrected chi connectivity index (χ2v) is 5.19. The first-order chi connectivity index (χ1) is 9.15. The molecule has 19 heavy (non-hydrogen) atoms. The quantitative estimate of drug-likeness (QED) is 0.933. The van der Waals surface area contributed by atoms with Crippen LogP contribution in [0.2, 0.25) is 0 Å². The van der Waals surface area contributed by atoms with Crippen LogP contribution in [-0.4, -0.2) is 10.9 Å². The zero-order valence-corrected chi connectivity index (χ0v) is 12.3. The van der Waals surface area contributed by atoms with Crippen LogP contribution in [0, 0.1) is 6.92 Å². The molecule has 0 fully saturated rings. The zero-order valence-electron chi connectivity index (χ0n) is 10.7. The van der Waals surface area contributed by atoms with Gasteiger partial charge >= 0.3 is 0 Å². The topological polar surface area (TPSA) is 42.0 Å². The van der Waals surface area contributed by atoms with Crippen LogP contribution >= 0.6 is 15.9 Å². The molecule has 0 bridgehead atoms. The summed E-state index contributed by atoms with van der Waals surface area (Å²) in [7, 11) is 0. The van der Waals surface area contributed by atoms with E-state index < -0.39 is 0 Å². The standard InChI is InChI=1S/C15H15BrN2O/c1-11-10-13(5-7-14(11)16)18-15(19)8-6-12-4-2-3-9-17-12/h2-5,7,9-10H,6,8H2,1H3,(H,18,19). The van der Waals surface area contributed by atoms with Gasteiger partial charge in [0.25, 0.3) is 0 Å². The number of anilines is 1. The zero-order chi connectivity index (χ0) is 13.7. The van der Waals surface area contributed by atoms with Gasteiger partial charge in [0.05, 0.1) is 0 Å². The molecular formula is C15H15BrN2O. The van der Waals surface area contributed by atoms with E-state index in [1.165, 1.54) is 0 Å². The third-order valence-electron chi connectivity index (χ3n) is 2.78. The summed E-state index contributed by atoms with van der Waals surface area (Å²) in [4.78, 5) is 16.0. The number of nitrogens with zero attached hydrogens (tertiary/aromatic N) is 1. The predicted molar refractivity (Wildman–Crippen MR) is 80.1 cm³/mol. The molecule has 2 rings (SSSR count). The van der Waals surface area contributed by atoms with Crippen LogP contribution in [0.3, 0.4) is 0 Å². The van der Waals surface area contributed by atoms with Gasteiger partial charge in [-0.2, -0.15) is 0 Å². The van der Waals surface area contributed by atoms with E-state index in [1.807, 2.05) is 43.3 Å². The van der Waals surface area contributed by atoms with Gasteiger partial charge in [0.15, 0.2) is 0 Å². The first kappa shape index (κ1) is 13.7. The highest BCUT2D eigenvalue weighted by atomic mass is 79.9. The van der Waals surface area contributed by atoms with E-state index in [4.69, 9.17) is 0 Å². The van der Waals surface area contributed by atoms with Crippen LogP contribution in [0.25, 0.3) is 0 Å². The molecule has 1 aromatic carbocycles. The maximum Gasteiger partial charge on any atom is 0.224 e. The number of carbonyl (C=O) groups is 1. The summed E-state index contributed by atoms with van der Waals surface area (Å²) in [5.41, 5.74) is 2.86.